The summed E-state index contributed by atoms with van der Waals surface area (Å²) < 4.78 is 41.3. The van der Waals surface area contributed by atoms with Crippen molar-refractivity contribution in [2.24, 2.45) is 0 Å². The van der Waals surface area contributed by atoms with E-state index < -0.39 is 6.36 Å². The van der Waals surface area contributed by atoms with Crippen LogP contribution >= 0.6 is 31.9 Å². The Morgan fingerprint density at radius 1 is 1.10 bits per heavy atom. The molecule has 0 radical (unpaired) electrons. The van der Waals surface area contributed by atoms with Gasteiger partial charge in [0.25, 0.3) is 0 Å². The molecule has 0 saturated carbocycles. The van der Waals surface area contributed by atoms with E-state index in [4.69, 9.17) is 0 Å². The maximum absolute atomic E-state index is 12.1. The Bertz CT molecular complexity index is 620. The molecule has 0 atom stereocenters. The van der Waals surface area contributed by atoms with Gasteiger partial charge >= 0.3 is 6.36 Å². The zero-order valence-electron chi connectivity index (χ0n) is 9.71. The van der Waals surface area contributed by atoms with E-state index in [2.05, 4.69) is 46.9 Å². The second kappa shape index (κ2) is 6.01. The van der Waals surface area contributed by atoms with E-state index in [-0.39, 0.29) is 10.2 Å². The minimum atomic E-state index is -4.72. The summed E-state index contributed by atoms with van der Waals surface area (Å²) in [6.07, 6.45) is -1.51. The van der Waals surface area contributed by atoms with Gasteiger partial charge in [-0.25, -0.2) is 0 Å². The molecule has 0 aliphatic carbocycles. The number of hydrogen-bond acceptors (Lipinski definition) is 3. The highest BCUT2D eigenvalue weighted by Gasteiger charge is 2.31. The Morgan fingerprint density at radius 3 is 2.45 bits per heavy atom. The first-order chi connectivity index (χ1) is 9.35. The van der Waals surface area contributed by atoms with Crippen LogP contribution in [0.25, 0.3) is 0 Å². The lowest BCUT2D eigenvalue weighted by molar-refractivity contribution is -0.274. The van der Waals surface area contributed by atoms with E-state index in [1.807, 2.05) is 0 Å². The van der Waals surface area contributed by atoms with Gasteiger partial charge in [-0.05, 0) is 56.1 Å². The molecule has 106 valence electrons. The molecule has 1 aromatic heterocycles. The quantitative estimate of drug-likeness (QED) is 0.749. The first-order valence-electron chi connectivity index (χ1n) is 5.27. The molecular weight excluding hydrogens is 405 g/mol. The Hall–Kier alpha value is -1.28. The minimum Gasteiger partial charge on any atom is -0.405 e. The molecule has 0 amide bonds. The molecule has 0 aliphatic rings. The molecule has 0 aliphatic heterocycles. The van der Waals surface area contributed by atoms with Gasteiger partial charge < -0.3 is 10.1 Å². The van der Waals surface area contributed by atoms with Crippen LogP contribution in [-0.2, 0) is 0 Å². The number of ether oxygens (including phenoxy) is 1. The van der Waals surface area contributed by atoms with E-state index in [0.717, 1.165) is 10.2 Å². The van der Waals surface area contributed by atoms with E-state index in [0.29, 0.717) is 5.69 Å². The first-order valence-corrected chi connectivity index (χ1v) is 6.85. The number of nitrogens with zero attached hydrogens (tertiary/aromatic N) is 1. The topological polar surface area (TPSA) is 34.1 Å². The van der Waals surface area contributed by atoms with Crippen LogP contribution in [0.2, 0.25) is 0 Å². The lowest BCUT2D eigenvalue weighted by atomic mass is 10.3. The van der Waals surface area contributed by atoms with Gasteiger partial charge in [0.1, 0.15) is 5.75 Å². The fourth-order valence-electron chi connectivity index (χ4n) is 1.42. The lowest BCUT2D eigenvalue weighted by Gasteiger charge is -2.13. The number of benzene rings is 1. The highest BCUT2D eigenvalue weighted by molar-refractivity contribution is 9.11. The van der Waals surface area contributed by atoms with Crippen molar-refractivity contribution < 1.29 is 17.9 Å². The van der Waals surface area contributed by atoms with Crippen LogP contribution < -0.4 is 10.1 Å². The largest absolute Gasteiger partial charge is 0.573 e. The summed E-state index contributed by atoms with van der Waals surface area (Å²) in [6.45, 7) is 0. The standard InChI is InChI=1S/C12H7Br2F3N2O/c13-8-5-7(1-2-11(8)20-12(15,16)17)19-10-3-4-18-6-9(10)14/h1-6H,(H,18,19). The number of aromatic nitrogens is 1. The molecule has 1 aromatic carbocycles. The van der Waals surface area contributed by atoms with Crippen LogP contribution in [-0.4, -0.2) is 11.3 Å². The molecule has 1 heterocycles. The first kappa shape index (κ1) is 15.1. The summed E-state index contributed by atoms with van der Waals surface area (Å²) in [6, 6.07) is 5.94. The Kier molecular flexibility index (Phi) is 4.54. The van der Waals surface area contributed by atoms with Crippen LogP contribution in [0, 0.1) is 0 Å². The number of anilines is 2. The SMILES string of the molecule is FC(F)(F)Oc1ccc(Nc2ccncc2Br)cc1Br. The molecule has 2 rings (SSSR count). The van der Waals surface area contributed by atoms with Crippen molar-refractivity contribution in [3.63, 3.8) is 0 Å². The summed E-state index contributed by atoms with van der Waals surface area (Å²) in [5, 5.41) is 3.05. The summed E-state index contributed by atoms with van der Waals surface area (Å²) >= 11 is 6.36. The molecule has 3 nitrogen and oxygen atoms in total. The molecule has 1 N–H and O–H groups in total. The van der Waals surface area contributed by atoms with Gasteiger partial charge in [0.2, 0.25) is 0 Å². The highest BCUT2D eigenvalue weighted by Crippen LogP contribution is 2.34. The van der Waals surface area contributed by atoms with Crippen LogP contribution in [0.1, 0.15) is 0 Å². The van der Waals surface area contributed by atoms with Crippen molar-refractivity contribution in [3.8, 4) is 5.75 Å². The molecule has 0 bridgehead atoms. The average molecular weight is 412 g/mol. The molecule has 0 spiro atoms. The highest BCUT2D eigenvalue weighted by atomic mass is 79.9. The Morgan fingerprint density at radius 2 is 1.85 bits per heavy atom. The van der Waals surface area contributed by atoms with Crippen LogP contribution in [0.3, 0.4) is 0 Å². The maximum Gasteiger partial charge on any atom is 0.573 e. The Balaban J connectivity index is 2.19. The van der Waals surface area contributed by atoms with Gasteiger partial charge in [-0.1, -0.05) is 0 Å². The third kappa shape index (κ3) is 4.11. The molecule has 2 aromatic rings. The third-order valence-corrected chi connectivity index (χ3v) is 3.46. The van der Waals surface area contributed by atoms with Gasteiger partial charge in [0.15, 0.2) is 0 Å². The summed E-state index contributed by atoms with van der Waals surface area (Å²) in [5.41, 5.74) is 1.36. The molecule has 20 heavy (non-hydrogen) atoms. The molecule has 0 fully saturated rings. The van der Waals surface area contributed by atoms with Crippen molar-refractivity contribution in [1.29, 1.82) is 0 Å². The van der Waals surface area contributed by atoms with Crippen LogP contribution in [0.4, 0.5) is 24.5 Å². The number of pyridine rings is 1. The van der Waals surface area contributed by atoms with Crippen molar-refractivity contribution >= 4 is 43.2 Å². The third-order valence-electron chi connectivity index (χ3n) is 2.21. The fraction of sp³-hybridized carbons (Fsp3) is 0.0833. The molecule has 0 unspecified atom stereocenters. The van der Waals surface area contributed by atoms with E-state index in [9.17, 15) is 13.2 Å². The van der Waals surface area contributed by atoms with Crippen molar-refractivity contribution in [2.75, 3.05) is 5.32 Å². The molecular formula is C12H7Br2F3N2O. The van der Waals surface area contributed by atoms with Crippen molar-refractivity contribution in [1.82, 2.24) is 4.98 Å². The van der Waals surface area contributed by atoms with Gasteiger partial charge in [-0.2, -0.15) is 0 Å². The minimum absolute atomic E-state index is 0.199. The van der Waals surface area contributed by atoms with Crippen LogP contribution in [0.5, 0.6) is 5.75 Å². The van der Waals surface area contributed by atoms with E-state index in [1.165, 1.54) is 18.2 Å². The predicted molar refractivity (Wildman–Crippen MR) is 76.0 cm³/mol. The number of nitrogens with one attached hydrogen (secondary N) is 1. The number of rotatable bonds is 3. The zero-order chi connectivity index (χ0) is 14.8. The number of hydrogen-bond donors (Lipinski definition) is 1. The normalized spacial score (nSPS) is 11.2. The molecule has 0 saturated heterocycles. The average Bonchev–Trinajstić information content (AvgIpc) is 2.34. The van der Waals surface area contributed by atoms with Crippen molar-refractivity contribution in [2.45, 2.75) is 6.36 Å². The second-order valence-corrected chi connectivity index (χ2v) is 5.38. The van der Waals surface area contributed by atoms with Gasteiger partial charge in [-0.15, -0.1) is 13.2 Å². The van der Waals surface area contributed by atoms with Gasteiger partial charge in [0, 0.05) is 18.1 Å². The monoisotopic (exact) mass is 410 g/mol. The summed E-state index contributed by atoms with van der Waals surface area (Å²) in [4.78, 5) is 3.92. The van der Waals surface area contributed by atoms with Crippen molar-refractivity contribution in [3.05, 3.63) is 45.6 Å². The van der Waals surface area contributed by atoms with E-state index in [1.54, 1.807) is 18.5 Å². The number of alkyl halides is 3. The van der Waals surface area contributed by atoms with Crippen LogP contribution in [0.15, 0.2) is 45.6 Å². The van der Waals surface area contributed by atoms with Gasteiger partial charge in [0.05, 0.1) is 14.6 Å². The lowest BCUT2D eigenvalue weighted by Crippen LogP contribution is -2.17. The summed E-state index contributed by atoms with van der Waals surface area (Å²) in [5.74, 6) is -0.295. The fourth-order valence-corrected chi connectivity index (χ4v) is 2.23. The van der Waals surface area contributed by atoms with E-state index >= 15 is 0 Å². The zero-order valence-corrected chi connectivity index (χ0v) is 12.9. The maximum atomic E-state index is 12.1. The number of halogens is 5. The molecule has 8 heteroatoms. The van der Waals surface area contributed by atoms with Gasteiger partial charge in [-0.3, -0.25) is 4.98 Å². The second-order valence-electron chi connectivity index (χ2n) is 3.67. The Labute approximate surface area is 129 Å². The smallest absolute Gasteiger partial charge is 0.405 e. The summed E-state index contributed by atoms with van der Waals surface area (Å²) in [7, 11) is 0. The predicted octanol–water partition coefficient (Wildman–Crippen LogP) is 5.25.